The molecule has 1 aliphatic rings. The smallest absolute Gasteiger partial charge is 0.331 e. The van der Waals surface area contributed by atoms with E-state index in [1.54, 1.807) is 19.9 Å². The van der Waals surface area contributed by atoms with Crippen LogP contribution in [0.2, 0.25) is 0 Å². The van der Waals surface area contributed by atoms with Gasteiger partial charge in [-0.05, 0) is 68.4 Å². The molecule has 0 aliphatic heterocycles. The van der Waals surface area contributed by atoms with Crippen LogP contribution in [0.15, 0.2) is 47.6 Å². The molecule has 1 aliphatic carbocycles. The van der Waals surface area contributed by atoms with Crippen LogP contribution in [-0.4, -0.2) is 22.2 Å². The maximum absolute atomic E-state index is 10.7. The molecule has 0 saturated heterocycles. The van der Waals surface area contributed by atoms with Crippen molar-refractivity contribution in [2.75, 3.05) is 0 Å². The maximum Gasteiger partial charge on any atom is 0.331 e. The molecule has 0 heterocycles. The molecule has 4 nitrogen and oxygen atoms in total. The summed E-state index contributed by atoms with van der Waals surface area (Å²) in [6.45, 7) is 10.2. The monoisotopic (exact) mass is 386 g/mol. The Hall–Kier alpha value is -2.36. The molecule has 2 rings (SSSR count). The van der Waals surface area contributed by atoms with Gasteiger partial charge in [-0.2, -0.15) is 0 Å². The quantitative estimate of drug-likeness (QED) is 0.618. The van der Waals surface area contributed by atoms with Gasteiger partial charge in [-0.1, -0.05) is 57.2 Å². The Kier molecular flexibility index (Phi) is 9.17. The van der Waals surface area contributed by atoms with Gasteiger partial charge in [-0.25, -0.2) is 9.59 Å². The van der Waals surface area contributed by atoms with Crippen molar-refractivity contribution in [2.45, 2.75) is 60.3 Å². The van der Waals surface area contributed by atoms with Gasteiger partial charge in [0.15, 0.2) is 0 Å². The third-order valence-electron chi connectivity index (χ3n) is 5.34. The number of carboxylic acids is 2. The highest BCUT2D eigenvalue weighted by Gasteiger charge is 2.29. The molecule has 4 heteroatoms. The Morgan fingerprint density at radius 2 is 1.39 bits per heavy atom. The third-order valence-corrected chi connectivity index (χ3v) is 5.34. The number of hydrogen-bond donors (Lipinski definition) is 2. The van der Waals surface area contributed by atoms with Crippen LogP contribution in [-0.2, 0) is 9.59 Å². The number of allylic oxidation sites excluding steroid dienone is 1. The predicted octanol–water partition coefficient (Wildman–Crippen LogP) is 6.04. The van der Waals surface area contributed by atoms with Gasteiger partial charge in [0.1, 0.15) is 0 Å². The number of carboxylic acid groups (broad SMARTS) is 2. The number of hydrogen-bond acceptors (Lipinski definition) is 2. The second-order valence-corrected chi connectivity index (χ2v) is 8.68. The normalized spacial score (nSPS) is 20.8. The van der Waals surface area contributed by atoms with E-state index < -0.39 is 11.9 Å². The Morgan fingerprint density at radius 1 is 0.893 bits per heavy atom. The van der Waals surface area contributed by atoms with Gasteiger partial charge in [0.2, 0.25) is 0 Å². The lowest BCUT2D eigenvalue weighted by Crippen LogP contribution is -2.25. The number of aliphatic carboxylic acids is 2. The lowest BCUT2D eigenvalue weighted by atomic mass is 9.69. The maximum atomic E-state index is 10.7. The van der Waals surface area contributed by atoms with Crippen LogP contribution in [0.5, 0.6) is 0 Å². The van der Waals surface area contributed by atoms with E-state index in [2.05, 4.69) is 20.8 Å². The van der Waals surface area contributed by atoms with Crippen molar-refractivity contribution < 1.29 is 19.8 Å². The van der Waals surface area contributed by atoms with Crippen molar-refractivity contribution in [2.24, 2.45) is 17.3 Å². The molecule has 1 saturated carbocycles. The molecule has 2 N–H and O–H groups in total. The largest absolute Gasteiger partial charge is 0.478 e. The van der Waals surface area contributed by atoms with Crippen LogP contribution in [0.25, 0.3) is 6.08 Å². The van der Waals surface area contributed by atoms with Gasteiger partial charge in [-0.15, -0.1) is 0 Å². The summed E-state index contributed by atoms with van der Waals surface area (Å²) in [4.78, 5) is 21.2. The van der Waals surface area contributed by atoms with Crippen LogP contribution in [0.4, 0.5) is 0 Å². The fourth-order valence-electron chi connectivity index (χ4n) is 3.44. The molecule has 0 radical (unpaired) electrons. The van der Waals surface area contributed by atoms with E-state index in [1.165, 1.54) is 12.8 Å². The van der Waals surface area contributed by atoms with E-state index in [1.807, 2.05) is 36.4 Å². The summed E-state index contributed by atoms with van der Waals surface area (Å²) < 4.78 is 0. The zero-order valence-corrected chi connectivity index (χ0v) is 17.7. The van der Waals surface area contributed by atoms with Crippen molar-refractivity contribution >= 4 is 18.0 Å². The van der Waals surface area contributed by atoms with Crippen LogP contribution >= 0.6 is 0 Å². The standard InChI is InChI=1S/C14H24O2.C10H10O2/c1-10(13(15)16)9-11-5-7-12(8-6-11)14(2,3)4;1-8(10(11)12)7-9-5-3-2-4-6-9/h9,11-12H,5-8H2,1-4H3,(H,15,16);2-7H,1H3,(H,11,12). The topological polar surface area (TPSA) is 74.6 Å². The summed E-state index contributed by atoms with van der Waals surface area (Å²) in [5.74, 6) is -0.381. The Morgan fingerprint density at radius 3 is 1.82 bits per heavy atom. The number of rotatable bonds is 4. The molecule has 0 atom stereocenters. The fourth-order valence-corrected chi connectivity index (χ4v) is 3.44. The number of carbonyl (C=O) groups is 2. The lowest BCUT2D eigenvalue weighted by Gasteiger charge is -2.36. The third kappa shape index (κ3) is 8.55. The van der Waals surface area contributed by atoms with E-state index in [4.69, 9.17) is 10.2 Å². The van der Waals surface area contributed by atoms with E-state index >= 15 is 0 Å². The molecule has 0 bridgehead atoms. The minimum Gasteiger partial charge on any atom is -0.478 e. The van der Waals surface area contributed by atoms with Crippen LogP contribution in [0.3, 0.4) is 0 Å². The second-order valence-electron chi connectivity index (χ2n) is 8.68. The molecule has 1 aromatic rings. The van der Waals surface area contributed by atoms with Crippen LogP contribution in [0, 0.1) is 17.3 Å². The minimum absolute atomic E-state index is 0.348. The predicted molar refractivity (Wildman–Crippen MR) is 114 cm³/mol. The first-order valence-corrected chi connectivity index (χ1v) is 9.89. The first kappa shape index (κ1) is 23.7. The molecule has 154 valence electrons. The Bertz CT molecular complexity index is 700. The average molecular weight is 387 g/mol. The van der Waals surface area contributed by atoms with Crippen molar-refractivity contribution in [3.05, 3.63) is 53.1 Å². The van der Waals surface area contributed by atoms with Gasteiger partial charge < -0.3 is 10.2 Å². The Balaban J connectivity index is 0.000000292. The van der Waals surface area contributed by atoms with E-state index in [0.717, 1.165) is 24.3 Å². The molecular formula is C24H34O4. The van der Waals surface area contributed by atoms with Crippen molar-refractivity contribution in [1.29, 1.82) is 0 Å². The van der Waals surface area contributed by atoms with Crippen molar-refractivity contribution in [1.82, 2.24) is 0 Å². The van der Waals surface area contributed by atoms with Crippen LogP contribution < -0.4 is 0 Å². The minimum atomic E-state index is -0.876. The summed E-state index contributed by atoms with van der Waals surface area (Å²) in [6, 6.07) is 9.38. The van der Waals surface area contributed by atoms with E-state index in [-0.39, 0.29) is 0 Å². The van der Waals surface area contributed by atoms with Gasteiger partial charge in [0.25, 0.3) is 0 Å². The van der Waals surface area contributed by atoms with Gasteiger partial charge >= 0.3 is 11.9 Å². The highest BCUT2D eigenvalue weighted by molar-refractivity contribution is 5.91. The fraction of sp³-hybridized carbons (Fsp3) is 0.500. The molecule has 1 fully saturated rings. The second kappa shape index (κ2) is 10.8. The molecule has 0 aromatic heterocycles. The summed E-state index contributed by atoms with van der Waals surface area (Å²) in [6.07, 6.45) is 8.35. The summed E-state index contributed by atoms with van der Waals surface area (Å²) in [5.41, 5.74) is 2.16. The highest BCUT2D eigenvalue weighted by Crippen LogP contribution is 2.40. The van der Waals surface area contributed by atoms with Crippen molar-refractivity contribution in [3.63, 3.8) is 0 Å². The molecular weight excluding hydrogens is 352 g/mol. The first-order valence-electron chi connectivity index (χ1n) is 9.89. The lowest BCUT2D eigenvalue weighted by molar-refractivity contribution is -0.133. The molecule has 0 spiro atoms. The molecule has 1 aromatic carbocycles. The van der Waals surface area contributed by atoms with Gasteiger partial charge in [0.05, 0.1) is 0 Å². The summed E-state index contributed by atoms with van der Waals surface area (Å²) >= 11 is 0. The molecule has 0 amide bonds. The van der Waals surface area contributed by atoms with Gasteiger partial charge in [-0.3, -0.25) is 0 Å². The number of benzene rings is 1. The van der Waals surface area contributed by atoms with Crippen molar-refractivity contribution in [3.8, 4) is 0 Å². The average Bonchev–Trinajstić information content (AvgIpc) is 2.62. The zero-order valence-electron chi connectivity index (χ0n) is 17.7. The zero-order chi connectivity index (χ0) is 21.3. The summed E-state index contributed by atoms with van der Waals surface area (Å²) in [5, 5.41) is 17.4. The highest BCUT2D eigenvalue weighted by atomic mass is 16.4. The Labute approximate surface area is 169 Å². The van der Waals surface area contributed by atoms with Gasteiger partial charge in [0, 0.05) is 11.1 Å². The molecule has 0 unspecified atom stereocenters. The first-order chi connectivity index (χ1) is 13.0. The van der Waals surface area contributed by atoms with Crippen LogP contribution in [0.1, 0.15) is 65.9 Å². The summed E-state index contributed by atoms with van der Waals surface area (Å²) in [7, 11) is 0. The molecule has 28 heavy (non-hydrogen) atoms. The van der Waals surface area contributed by atoms with E-state index in [0.29, 0.717) is 22.5 Å². The SMILES string of the molecule is CC(=CC1CCC(C(C)(C)C)CC1)C(=O)O.CC(=Cc1ccccc1)C(=O)O. The van der Waals surface area contributed by atoms with E-state index in [9.17, 15) is 9.59 Å².